The van der Waals surface area contributed by atoms with Gasteiger partial charge in [0.1, 0.15) is 0 Å². The van der Waals surface area contributed by atoms with Gasteiger partial charge in [-0.3, -0.25) is 0 Å². The highest BCUT2D eigenvalue weighted by Gasteiger charge is 1.74. The van der Waals surface area contributed by atoms with Crippen LogP contribution in [0.2, 0.25) is 0 Å². The molecule has 0 aromatic rings. The van der Waals surface area contributed by atoms with Gasteiger partial charge in [0.05, 0.1) is 0 Å². The molecule has 0 bridgehead atoms. The summed E-state index contributed by atoms with van der Waals surface area (Å²) in [5, 5.41) is 0. The summed E-state index contributed by atoms with van der Waals surface area (Å²) in [4.78, 5) is 0. The number of hydrogen-bond donors (Lipinski definition) is 0. The summed E-state index contributed by atoms with van der Waals surface area (Å²) < 4.78 is 0. The van der Waals surface area contributed by atoms with Gasteiger partial charge in [-0.15, -0.1) is 0 Å². The Balaban J connectivity index is 3.04. The SMILES string of the molecule is [CH2]C/C=C/CC/C=C/C[CH2]. The molecule has 0 heteroatoms. The van der Waals surface area contributed by atoms with Crippen molar-refractivity contribution >= 4 is 0 Å². The summed E-state index contributed by atoms with van der Waals surface area (Å²) in [7, 11) is 0. The average Bonchev–Trinajstić information content (AvgIpc) is 1.97. The summed E-state index contributed by atoms with van der Waals surface area (Å²) in [6.45, 7) is 7.41. The molecule has 0 aliphatic rings. The average molecular weight is 136 g/mol. The van der Waals surface area contributed by atoms with Gasteiger partial charge in [-0.1, -0.05) is 24.3 Å². The molecule has 0 atom stereocenters. The van der Waals surface area contributed by atoms with E-state index in [0.29, 0.717) is 0 Å². The Bertz CT molecular complexity index is 84.6. The third kappa shape index (κ3) is 7.48. The molecule has 0 aromatic carbocycles. The van der Waals surface area contributed by atoms with Gasteiger partial charge < -0.3 is 0 Å². The highest BCUT2D eigenvalue weighted by atomic mass is 13.8. The van der Waals surface area contributed by atoms with Crippen molar-refractivity contribution in [2.24, 2.45) is 0 Å². The van der Waals surface area contributed by atoms with E-state index in [1.54, 1.807) is 0 Å². The number of allylic oxidation sites excluding steroid dienone is 4. The van der Waals surface area contributed by atoms with Crippen molar-refractivity contribution in [3.63, 3.8) is 0 Å². The Kier molecular flexibility index (Phi) is 8.04. The van der Waals surface area contributed by atoms with Gasteiger partial charge in [-0.2, -0.15) is 0 Å². The Labute approximate surface area is 64.6 Å². The van der Waals surface area contributed by atoms with Crippen molar-refractivity contribution in [3.8, 4) is 0 Å². The maximum Gasteiger partial charge on any atom is -0.0316 e. The summed E-state index contributed by atoms with van der Waals surface area (Å²) in [5.41, 5.74) is 0. The molecule has 0 spiro atoms. The van der Waals surface area contributed by atoms with Crippen LogP contribution in [-0.4, -0.2) is 0 Å². The Morgan fingerprint density at radius 3 is 1.40 bits per heavy atom. The minimum Gasteiger partial charge on any atom is -0.0885 e. The van der Waals surface area contributed by atoms with Crippen molar-refractivity contribution < 1.29 is 0 Å². The second kappa shape index (κ2) is 8.48. The van der Waals surface area contributed by atoms with Crippen molar-refractivity contribution in [3.05, 3.63) is 38.2 Å². The molecule has 0 N–H and O–H groups in total. The van der Waals surface area contributed by atoms with E-state index in [9.17, 15) is 0 Å². The van der Waals surface area contributed by atoms with E-state index in [4.69, 9.17) is 0 Å². The molecule has 0 heterocycles. The van der Waals surface area contributed by atoms with Crippen LogP contribution in [0, 0.1) is 13.8 Å². The molecule has 0 unspecified atom stereocenters. The first-order valence-electron chi connectivity index (χ1n) is 3.80. The Morgan fingerprint density at radius 2 is 1.10 bits per heavy atom. The predicted molar refractivity (Wildman–Crippen MR) is 47.5 cm³/mol. The van der Waals surface area contributed by atoms with Crippen LogP contribution in [0.4, 0.5) is 0 Å². The van der Waals surface area contributed by atoms with Crippen LogP contribution in [0.1, 0.15) is 25.7 Å². The van der Waals surface area contributed by atoms with Crippen molar-refractivity contribution in [2.45, 2.75) is 25.7 Å². The quantitative estimate of drug-likeness (QED) is 0.401. The zero-order chi connectivity index (χ0) is 7.66. The van der Waals surface area contributed by atoms with Crippen LogP contribution >= 0.6 is 0 Å². The van der Waals surface area contributed by atoms with Crippen LogP contribution in [0.15, 0.2) is 24.3 Å². The molecule has 0 fully saturated rings. The highest BCUT2D eigenvalue weighted by Crippen LogP contribution is 1.94. The molecule has 0 nitrogen and oxygen atoms in total. The fraction of sp³-hybridized carbons (Fsp3) is 0.400. The second-order valence-corrected chi connectivity index (χ2v) is 2.10. The number of unbranched alkanes of at least 4 members (excludes halogenated alkanes) is 1. The maximum absolute atomic E-state index is 3.70. The summed E-state index contributed by atoms with van der Waals surface area (Å²) in [5.74, 6) is 0. The van der Waals surface area contributed by atoms with Gasteiger partial charge >= 0.3 is 0 Å². The lowest BCUT2D eigenvalue weighted by molar-refractivity contribution is 1.04. The van der Waals surface area contributed by atoms with Crippen LogP contribution in [0.3, 0.4) is 0 Å². The maximum atomic E-state index is 3.70. The van der Waals surface area contributed by atoms with Crippen molar-refractivity contribution in [2.75, 3.05) is 0 Å². The lowest BCUT2D eigenvalue weighted by Crippen LogP contribution is -1.64. The molecule has 0 saturated carbocycles. The van der Waals surface area contributed by atoms with Gasteiger partial charge in [0, 0.05) is 0 Å². The van der Waals surface area contributed by atoms with Crippen molar-refractivity contribution in [1.29, 1.82) is 0 Å². The van der Waals surface area contributed by atoms with Crippen LogP contribution in [0.25, 0.3) is 0 Å². The van der Waals surface area contributed by atoms with E-state index in [1.165, 1.54) is 0 Å². The number of hydrogen-bond acceptors (Lipinski definition) is 0. The molecule has 0 aliphatic carbocycles. The third-order valence-electron chi connectivity index (χ3n) is 1.17. The van der Waals surface area contributed by atoms with Crippen LogP contribution < -0.4 is 0 Å². The molecule has 0 aliphatic heterocycles. The van der Waals surface area contributed by atoms with Crippen LogP contribution in [0.5, 0.6) is 0 Å². The van der Waals surface area contributed by atoms with E-state index in [1.807, 2.05) is 0 Å². The van der Waals surface area contributed by atoms with E-state index < -0.39 is 0 Å². The Morgan fingerprint density at radius 1 is 0.700 bits per heavy atom. The van der Waals surface area contributed by atoms with Gasteiger partial charge in [0.15, 0.2) is 0 Å². The summed E-state index contributed by atoms with van der Waals surface area (Å²) >= 11 is 0. The molecule has 10 heavy (non-hydrogen) atoms. The van der Waals surface area contributed by atoms with Crippen LogP contribution in [-0.2, 0) is 0 Å². The predicted octanol–water partition coefficient (Wildman–Crippen LogP) is 3.33. The van der Waals surface area contributed by atoms with E-state index >= 15 is 0 Å². The molecule has 0 amide bonds. The topological polar surface area (TPSA) is 0 Å². The first-order chi connectivity index (χ1) is 4.91. The standard InChI is InChI=1S/C10H16/c1-3-5-7-9-10-8-6-4-2/h5-8H,1-4,9-10H2/b7-5+,8-6+. The molecular weight excluding hydrogens is 120 g/mol. The fourth-order valence-electron chi connectivity index (χ4n) is 0.664. The van der Waals surface area contributed by atoms with Crippen molar-refractivity contribution in [1.82, 2.24) is 0 Å². The monoisotopic (exact) mass is 136 g/mol. The minimum absolute atomic E-state index is 0.902. The molecule has 0 aromatic heterocycles. The van der Waals surface area contributed by atoms with Gasteiger partial charge in [0.2, 0.25) is 0 Å². The smallest absolute Gasteiger partial charge is 0.0316 e. The highest BCUT2D eigenvalue weighted by molar-refractivity contribution is 4.88. The largest absolute Gasteiger partial charge is 0.0885 e. The molecule has 56 valence electrons. The number of rotatable bonds is 5. The lowest BCUT2D eigenvalue weighted by Gasteiger charge is -1.84. The zero-order valence-electron chi connectivity index (χ0n) is 6.55. The fourth-order valence-corrected chi connectivity index (χ4v) is 0.664. The second-order valence-electron chi connectivity index (χ2n) is 2.10. The molecule has 2 radical (unpaired) electrons. The van der Waals surface area contributed by atoms with E-state index in [2.05, 4.69) is 38.2 Å². The summed E-state index contributed by atoms with van der Waals surface area (Å²) in [6, 6.07) is 0. The third-order valence-corrected chi connectivity index (χ3v) is 1.17. The first kappa shape index (κ1) is 9.48. The van der Waals surface area contributed by atoms with Gasteiger partial charge in [-0.25, -0.2) is 0 Å². The Hall–Kier alpha value is -0.520. The van der Waals surface area contributed by atoms with E-state index in [0.717, 1.165) is 25.7 Å². The van der Waals surface area contributed by atoms with Gasteiger partial charge in [-0.05, 0) is 39.5 Å². The molecular formula is C10H16. The minimum atomic E-state index is 0.902. The normalized spacial score (nSPS) is 11.8. The molecule has 0 saturated heterocycles. The zero-order valence-corrected chi connectivity index (χ0v) is 6.55. The summed E-state index contributed by atoms with van der Waals surface area (Å²) in [6.07, 6.45) is 12.6. The lowest BCUT2D eigenvalue weighted by atomic mass is 10.2. The van der Waals surface area contributed by atoms with Gasteiger partial charge in [0.25, 0.3) is 0 Å². The first-order valence-corrected chi connectivity index (χ1v) is 3.80. The molecule has 0 rings (SSSR count). The van der Waals surface area contributed by atoms with E-state index in [-0.39, 0.29) is 0 Å².